The molecule has 46 heavy (non-hydrogen) atoms. The number of nitrogens with one attached hydrogen (secondary N) is 1. The van der Waals surface area contributed by atoms with Gasteiger partial charge < -0.3 is 24.6 Å². The van der Waals surface area contributed by atoms with E-state index in [1.807, 2.05) is 60.7 Å². The van der Waals surface area contributed by atoms with Crippen molar-refractivity contribution < 1.29 is 28.7 Å². The van der Waals surface area contributed by atoms with Gasteiger partial charge >= 0.3 is 5.97 Å². The molecule has 0 amide bonds. The normalized spacial score (nSPS) is 11.6. The number of carbonyl (C=O) groups excluding carboxylic acids is 1. The second-order valence-electron chi connectivity index (χ2n) is 10.2. The van der Waals surface area contributed by atoms with Crippen molar-refractivity contribution in [3.05, 3.63) is 105 Å². The number of benzene rings is 4. The first kappa shape index (κ1) is 35.2. The zero-order valence-corrected chi connectivity index (χ0v) is 28.2. The lowest BCUT2D eigenvalue weighted by Crippen LogP contribution is -2.41. The van der Waals surface area contributed by atoms with Crippen LogP contribution in [-0.2, 0) is 29.2 Å². The Bertz CT molecular complexity index is 1740. The number of halogens is 3. The molecule has 1 unspecified atom stereocenters. The van der Waals surface area contributed by atoms with Gasteiger partial charge in [0.1, 0.15) is 41.8 Å². The molecule has 0 radical (unpaired) electrons. The minimum atomic E-state index is -0.777. The van der Waals surface area contributed by atoms with Crippen molar-refractivity contribution in [3.8, 4) is 22.6 Å². The number of aromatic nitrogens is 2. The number of fused-ring (bicyclic) bond motifs is 1. The highest BCUT2D eigenvalue weighted by atomic mass is 79.9. The molecule has 0 spiro atoms. The molecule has 9 nitrogen and oxygen atoms in total. The van der Waals surface area contributed by atoms with Crippen molar-refractivity contribution in [2.24, 2.45) is 0 Å². The molecule has 2 N–H and O–H groups in total. The summed E-state index contributed by atoms with van der Waals surface area (Å²) in [6.07, 6.45) is 1.25. The van der Waals surface area contributed by atoms with Crippen molar-refractivity contribution in [2.45, 2.75) is 39.0 Å². The Hall–Kier alpha value is -3.67. The Balaban J connectivity index is 0.00000480. The van der Waals surface area contributed by atoms with E-state index in [2.05, 4.69) is 49.8 Å². The summed E-state index contributed by atoms with van der Waals surface area (Å²) in [5, 5.41) is 20.9. The zero-order chi connectivity index (χ0) is 31.6. The van der Waals surface area contributed by atoms with Gasteiger partial charge in [-0.2, -0.15) is 0 Å². The summed E-state index contributed by atoms with van der Waals surface area (Å²) in [6, 6.07) is 24.7. The SMILES string of the molecule is CCOC(=O)C(CO)NCCCc1cc(Cl)c(OCc2cccc(-c3ccccc3)c2Br)cc1OCc1ccc2nonc2c1.Cl. The van der Waals surface area contributed by atoms with E-state index in [-0.39, 0.29) is 38.8 Å². The van der Waals surface area contributed by atoms with E-state index in [1.165, 1.54) is 0 Å². The molecular formula is C34H34BrCl2N3O6. The molecule has 1 atom stereocenters. The first-order valence-electron chi connectivity index (χ1n) is 14.6. The molecule has 1 aromatic heterocycles. The summed E-state index contributed by atoms with van der Waals surface area (Å²) >= 11 is 10.5. The van der Waals surface area contributed by atoms with Crippen molar-refractivity contribution in [3.63, 3.8) is 0 Å². The summed E-state index contributed by atoms with van der Waals surface area (Å²) in [4.78, 5) is 12.0. The van der Waals surface area contributed by atoms with Gasteiger partial charge in [0.2, 0.25) is 0 Å². The van der Waals surface area contributed by atoms with Crippen LogP contribution < -0.4 is 14.8 Å². The molecular weight excluding hydrogens is 697 g/mol. The largest absolute Gasteiger partial charge is 0.488 e. The van der Waals surface area contributed by atoms with Crippen LogP contribution in [0, 0.1) is 0 Å². The lowest BCUT2D eigenvalue weighted by molar-refractivity contribution is -0.146. The Labute approximate surface area is 286 Å². The van der Waals surface area contributed by atoms with Crippen molar-refractivity contribution in [2.75, 3.05) is 19.8 Å². The van der Waals surface area contributed by atoms with Gasteiger partial charge in [-0.05, 0) is 93.0 Å². The van der Waals surface area contributed by atoms with Crippen LogP contribution in [0.5, 0.6) is 11.5 Å². The second kappa shape index (κ2) is 17.3. The van der Waals surface area contributed by atoms with Gasteiger partial charge in [0.05, 0.1) is 18.2 Å². The summed E-state index contributed by atoms with van der Waals surface area (Å²) in [5.41, 5.74) is 6.23. The van der Waals surface area contributed by atoms with Crippen LogP contribution in [0.2, 0.25) is 5.02 Å². The number of hydrogen-bond donors (Lipinski definition) is 2. The van der Waals surface area contributed by atoms with Crippen LogP contribution in [0.15, 0.2) is 88.0 Å². The smallest absolute Gasteiger partial charge is 0.325 e. The predicted molar refractivity (Wildman–Crippen MR) is 183 cm³/mol. The van der Waals surface area contributed by atoms with Gasteiger partial charge in [0.25, 0.3) is 0 Å². The Morgan fingerprint density at radius 3 is 2.52 bits per heavy atom. The molecule has 1 heterocycles. The van der Waals surface area contributed by atoms with Gasteiger partial charge in [0, 0.05) is 16.1 Å². The van der Waals surface area contributed by atoms with Crippen LogP contribution in [0.4, 0.5) is 0 Å². The van der Waals surface area contributed by atoms with Gasteiger partial charge in [-0.3, -0.25) is 4.79 Å². The zero-order valence-electron chi connectivity index (χ0n) is 25.1. The van der Waals surface area contributed by atoms with Crippen molar-refractivity contribution in [1.29, 1.82) is 0 Å². The molecule has 5 rings (SSSR count). The summed E-state index contributed by atoms with van der Waals surface area (Å²) in [7, 11) is 0. The summed E-state index contributed by atoms with van der Waals surface area (Å²) in [5.74, 6) is 0.632. The maximum Gasteiger partial charge on any atom is 0.325 e. The van der Waals surface area contributed by atoms with Crippen LogP contribution in [0.1, 0.15) is 30.0 Å². The van der Waals surface area contributed by atoms with Crippen LogP contribution in [-0.4, -0.2) is 47.2 Å². The number of ether oxygens (including phenoxy) is 3. The molecule has 0 bridgehead atoms. The molecule has 0 fully saturated rings. The number of hydrogen-bond acceptors (Lipinski definition) is 9. The van der Waals surface area contributed by atoms with Gasteiger partial charge in [-0.1, -0.05) is 66.2 Å². The number of aryl methyl sites for hydroxylation is 1. The van der Waals surface area contributed by atoms with E-state index in [0.717, 1.165) is 32.3 Å². The standard InChI is InChI=1S/C34H33BrClN3O6.ClH/c1-2-42-34(41)30(19-40)37-15-7-11-24-17-27(36)32(18-31(24)43-20-22-13-14-28-29(16-22)39-45-38-28)44-21-25-10-6-12-26(33(25)35)23-8-4-3-5-9-23;/h3-6,8-10,12-14,16-18,30,37,40H,2,7,11,15,19-21H2,1H3;1H. The monoisotopic (exact) mass is 729 g/mol. The first-order chi connectivity index (χ1) is 22.0. The Kier molecular flexibility index (Phi) is 13.2. The topological polar surface area (TPSA) is 116 Å². The predicted octanol–water partition coefficient (Wildman–Crippen LogP) is 7.33. The molecule has 4 aromatic carbocycles. The Morgan fingerprint density at radius 2 is 1.74 bits per heavy atom. The number of rotatable bonds is 15. The molecule has 0 saturated heterocycles. The second-order valence-corrected chi connectivity index (χ2v) is 11.4. The molecule has 242 valence electrons. The van der Waals surface area contributed by atoms with E-state index in [1.54, 1.807) is 6.92 Å². The third-order valence-electron chi connectivity index (χ3n) is 7.14. The maximum absolute atomic E-state index is 12.0. The molecule has 0 aliphatic heterocycles. The summed E-state index contributed by atoms with van der Waals surface area (Å²) in [6.45, 7) is 2.67. The fourth-order valence-electron chi connectivity index (χ4n) is 4.80. The van der Waals surface area contributed by atoms with E-state index >= 15 is 0 Å². The highest BCUT2D eigenvalue weighted by Crippen LogP contribution is 2.36. The van der Waals surface area contributed by atoms with Gasteiger partial charge in [-0.25, -0.2) is 4.63 Å². The summed E-state index contributed by atoms with van der Waals surface area (Å²) < 4.78 is 23.3. The van der Waals surface area contributed by atoms with E-state index in [4.69, 9.17) is 30.4 Å². The van der Waals surface area contributed by atoms with Crippen LogP contribution in [0.25, 0.3) is 22.2 Å². The third kappa shape index (κ3) is 8.98. The van der Waals surface area contributed by atoms with Crippen LogP contribution in [0.3, 0.4) is 0 Å². The van der Waals surface area contributed by atoms with Crippen molar-refractivity contribution in [1.82, 2.24) is 15.6 Å². The lowest BCUT2D eigenvalue weighted by Gasteiger charge is -2.18. The van der Waals surface area contributed by atoms with E-state index < -0.39 is 12.0 Å². The molecule has 0 aliphatic rings. The molecule has 12 heteroatoms. The van der Waals surface area contributed by atoms with E-state index in [9.17, 15) is 9.90 Å². The highest BCUT2D eigenvalue weighted by Gasteiger charge is 2.18. The highest BCUT2D eigenvalue weighted by molar-refractivity contribution is 9.10. The third-order valence-corrected chi connectivity index (χ3v) is 8.37. The number of aliphatic hydroxyl groups is 1. The average Bonchev–Trinajstić information content (AvgIpc) is 3.53. The average molecular weight is 731 g/mol. The molecule has 5 aromatic rings. The lowest BCUT2D eigenvalue weighted by atomic mass is 10.0. The number of carbonyl (C=O) groups is 1. The fourth-order valence-corrected chi connectivity index (χ4v) is 5.65. The molecule has 0 saturated carbocycles. The quantitative estimate of drug-likeness (QED) is 0.0844. The number of nitrogens with zero attached hydrogens (tertiary/aromatic N) is 2. The minimum absolute atomic E-state index is 0. The maximum atomic E-state index is 12.0. The van der Waals surface area contributed by atoms with E-state index in [0.29, 0.717) is 46.9 Å². The van der Waals surface area contributed by atoms with Crippen molar-refractivity contribution >= 4 is 56.9 Å². The number of aliphatic hydroxyl groups excluding tert-OH is 1. The minimum Gasteiger partial charge on any atom is -0.488 e. The molecule has 0 aliphatic carbocycles. The van der Waals surface area contributed by atoms with Gasteiger partial charge in [0.15, 0.2) is 0 Å². The fraction of sp³-hybridized carbons (Fsp3) is 0.265. The Morgan fingerprint density at radius 1 is 0.957 bits per heavy atom. The number of esters is 1. The van der Waals surface area contributed by atoms with Gasteiger partial charge in [-0.15, -0.1) is 12.4 Å². The first-order valence-corrected chi connectivity index (χ1v) is 15.8. The van der Waals surface area contributed by atoms with Crippen LogP contribution >= 0.6 is 39.9 Å².